The highest BCUT2D eigenvalue weighted by molar-refractivity contribution is 5.29. The van der Waals surface area contributed by atoms with Crippen LogP contribution in [0.1, 0.15) is 32.2 Å². The maximum Gasteiger partial charge on any atom is 0.142 e. The summed E-state index contributed by atoms with van der Waals surface area (Å²) in [6, 6.07) is 5.88. The fraction of sp³-hybridized carbons (Fsp3) is 0.500. The fourth-order valence-electron chi connectivity index (χ4n) is 1.89. The lowest BCUT2D eigenvalue weighted by Gasteiger charge is -2.21. The third kappa shape index (κ3) is 5.19. The lowest BCUT2D eigenvalue weighted by atomic mass is 10.1. The summed E-state index contributed by atoms with van der Waals surface area (Å²) in [5, 5.41) is 7.61. The van der Waals surface area contributed by atoms with E-state index in [0.717, 1.165) is 23.7 Å². The van der Waals surface area contributed by atoms with Crippen molar-refractivity contribution in [2.75, 3.05) is 6.61 Å². The molecule has 2 heterocycles. The van der Waals surface area contributed by atoms with E-state index in [2.05, 4.69) is 36.2 Å². The number of hydrogen-bond donors (Lipinski definition) is 1. The van der Waals surface area contributed by atoms with Crippen molar-refractivity contribution in [2.24, 2.45) is 0 Å². The molecule has 0 unspecified atom stereocenters. The Hall–Kier alpha value is -1.88. The Morgan fingerprint density at radius 1 is 1.29 bits per heavy atom. The molecule has 5 heteroatoms. The number of aryl methyl sites for hydroxylation is 1. The topological polar surface area (TPSA) is 52.0 Å². The second-order valence-electron chi connectivity index (χ2n) is 6.12. The van der Waals surface area contributed by atoms with E-state index in [-0.39, 0.29) is 5.54 Å². The Morgan fingerprint density at radius 2 is 2.10 bits per heavy atom. The first-order valence-corrected chi connectivity index (χ1v) is 7.26. The van der Waals surface area contributed by atoms with Crippen LogP contribution in [-0.2, 0) is 13.1 Å². The van der Waals surface area contributed by atoms with E-state index < -0.39 is 0 Å². The number of ether oxygens (including phenoxy) is 1. The largest absolute Gasteiger partial charge is 0.490 e. The van der Waals surface area contributed by atoms with E-state index in [9.17, 15) is 0 Å². The van der Waals surface area contributed by atoms with Crippen molar-refractivity contribution in [3.8, 4) is 5.75 Å². The molecule has 114 valence electrons. The van der Waals surface area contributed by atoms with Crippen molar-refractivity contribution in [3.05, 3.63) is 42.0 Å². The van der Waals surface area contributed by atoms with E-state index in [1.807, 2.05) is 36.0 Å². The second-order valence-corrected chi connectivity index (χ2v) is 6.12. The van der Waals surface area contributed by atoms with Crippen molar-refractivity contribution in [2.45, 2.75) is 46.3 Å². The molecule has 0 saturated carbocycles. The summed E-state index contributed by atoms with van der Waals surface area (Å²) in [5.41, 5.74) is 2.00. The maximum absolute atomic E-state index is 5.87. The van der Waals surface area contributed by atoms with Gasteiger partial charge in [-0.3, -0.25) is 9.67 Å². The predicted molar refractivity (Wildman–Crippen MR) is 83.3 cm³/mol. The third-order valence-electron chi connectivity index (χ3n) is 2.99. The number of pyridine rings is 1. The van der Waals surface area contributed by atoms with E-state index in [0.29, 0.717) is 13.2 Å². The molecule has 2 rings (SSSR count). The second kappa shape index (κ2) is 6.72. The van der Waals surface area contributed by atoms with E-state index in [1.165, 1.54) is 0 Å². The van der Waals surface area contributed by atoms with Crippen LogP contribution in [0.4, 0.5) is 0 Å². The van der Waals surface area contributed by atoms with Gasteiger partial charge in [-0.2, -0.15) is 5.10 Å². The molecule has 0 aromatic carbocycles. The zero-order valence-electron chi connectivity index (χ0n) is 13.3. The summed E-state index contributed by atoms with van der Waals surface area (Å²) in [6.45, 7) is 10.4. The molecule has 2 aromatic rings. The first-order chi connectivity index (χ1) is 9.94. The Labute approximate surface area is 126 Å². The lowest BCUT2D eigenvalue weighted by Crippen LogP contribution is -2.35. The fourth-order valence-corrected chi connectivity index (χ4v) is 1.89. The summed E-state index contributed by atoms with van der Waals surface area (Å²) in [7, 11) is 0. The molecule has 1 N–H and O–H groups in total. The molecule has 0 atom stereocenters. The van der Waals surface area contributed by atoms with Crippen LogP contribution >= 0.6 is 0 Å². The zero-order valence-corrected chi connectivity index (χ0v) is 13.3. The minimum Gasteiger partial charge on any atom is -0.490 e. The highest BCUT2D eigenvalue weighted by Gasteiger charge is 2.12. The molecule has 0 bridgehead atoms. The number of hydrogen-bond acceptors (Lipinski definition) is 4. The first-order valence-electron chi connectivity index (χ1n) is 7.26. The quantitative estimate of drug-likeness (QED) is 0.887. The molecule has 0 aliphatic rings. The van der Waals surface area contributed by atoms with Crippen LogP contribution in [-0.4, -0.2) is 26.9 Å². The van der Waals surface area contributed by atoms with Crippen LogP contribution in [0.3, 0.4) is 0 Å². The lowest BCUT2D eigenvalue weighted by molar-refractivity contribution is 0.284. The molecular weight excluding hydrogens is 264 g/mol. The first kappa shape index (κ1) is 15.5. The van der Waals surface area contributed by atoms with E-state index in [4.69, 9.17) is 4.74 Å². The average molecular weight is 288 g/mol. The summed E-state index contributed by atoms with van der Waals surface area (Å²) in [4.78, 5) is 4.58. The number of aromatic nitrogens is 3. The minimum atomic E-state index is 0.0533. The Kier molecular flexibility index (Phi) is 4.96. The van der Waals surface area contributed by atoms with E-state index >= 15 is 0 Å². The molecule has 21 heavy (non-hydrogen) atoms. The summed E-state index contributed by atoms with van der Waals surface area (Å²) in [5.74, 6) is 0.838. The normalized spacial score (nSPS) is 11.6. The predicted octanol–water partition coefficient (Wildman–Crippen LogP) is 2.55. The Morgan fingerprint density at radius 3 is 2.76 bits per heavy atom. The molecule has 0 aliphatic heterocycles. The highest BCUT2D eigenvalue weighted by Crippen LogP contribution is 2.18. The van der Waals surface area contributed by atoms with Gasteiger partial charge >= 0.3 is 0 Å². The van der Waals surface area contributed by atoms with Crippen molar-refractivity contribution >= 4 is 0 Å². The van der Waals surface area contributed by atoms with Gasteiger partial charge in [0.2, 0.25) is 0 Å². The summed E-state index contributed by atoms with van der Waals surface area (Å²) < 4.78 is 7.72. The molecule has 0 fully saturated rings. The van der Waals surface area contributed by atoms with Crippen molar-refractivity contribution < 1.29 is 4.74 Å². The van der Waals surface area contributed by atoms with Gasteiger partial charge in [-0.25, -0.2) is 0 Å². The molecule has 0 spiro atoms. The molecule has 0 saturated heterocycles. The van der Waals surface area contributed by atoms with Crippen LogP contribution in [0.15, 0.2) is 30.6 Å². The Balaban J connectivity index is 1.97. The molecular formula is C16H24N4O. The average Bonchev–Trinajstić information content (AvgIpc) is 2.91. The standard InChI is InChI=1S/C16H24N4O/c1-13-6-7-15(14(19-13)12-17-16(2,3)4)21-11-10-20-9-5-8-18-20/h5-9,17H,10-12H2,1-4H3. The van der Waals surface area contributed by atoms with Gasteiger partial charge in [-0.1, -0.05) is 0 Å². The van der Waals surface area contributed by atoms with Crippen LogP contribution < -0.4 is 10.1 Å². The highest BCUT2D eigenvalue weighted by atomic mass is 16.5. The number of nitrogens with zero attached hydrogens (tertiary/aromatic N) is 3. The van der Waals surface area contributed by atoms with Gasteiger partial charge < -0.3 is 10.1 Å². The maximum atomic E-state index is 5.87. The van der Waals surface area contributed by atoms with Crippen molar-refractivity contribution in [3.63, 3.8) is 0 Å². The molecule has 2 aromatic heterocycles. The molecule has 0 aliphatic carbocycles. The zero-order chi connectivity index (χ0) is 15.3. The third-order valence-corrected chi connectivity index (χ3v) is 2.99. The smallest absolute Gasteiger partial charge is 0.142 e. The molecule has 0 amide bonds. The van der Waals surface area contributed by atoms with Crippen LogP contribution in [0, 0.1) is 6.92 Å². The van der Waals surface area contributed by atoms with Gasteiger partial charge in [0, 0.05) is 30.2 Å². The van der Waals surface area contributed by atoms with Crippen LogP contribution in [0.2, 0.25) is 0 Å². The number of rotatable bonds is 6. The van der Waals surface area contributed by atoms with Gasteiger partial charge in [-0.15, -0.1) is 0 Å². The van der Waals surface area contributed by atoms with Crippen LogP contribution in [0.25, 0.3) is 0 Å². The SMILES string of the molecule is Cc1ccc(OCCn2cccn2)c(CNC(C)(C)C)n1. The van der Waals surface area contributed by atoms with Gasteiger partial charge in [0.25, 0.3) is 0 Å². The van der Waals surface area contributed by atoms with Gasteiger partial charge in [0.05, 0.1) is 12.2 Å². The van der Waals surface area contributed by atoms with Crippen molar-refractivity contribution in [1.82, 2.24) is 20.1 Å². The van der Waals surface area contributed by atoms with Crippen LogP contribution in [0.5, 0.6) is 5.75 Å². The summed E-state index contributed by atoms with van der Waals surface area (Å²) in [6.07, 6.45) is 3.70. The monoisotopic (exact) mass is 288 g/mol. The van der Waals surface area contributed by atoms with Gasteiger partial charge in [0.15, 0.2) is 0 Å². The number of nitrogens with one attached hydrogen (secondary N) is 1. The Bertz CT molecular complexity index is 558. The van der Waals surface area contributed by atoms with E-state index in [1.54, 1.807) is 6.20 Å². The van der Waals surface area contributed by atoms with Crippen molar-refractivity contribution in [1.29, 1.82) is 0 Å². The molecule has 5 nitrogen and oxygen atoms in total. The van der Waals surface area contributed by atoms with Gasteiger partial charge in [-0.05, 0) is 45.9 Å². The minimum absolute atomic E-state index is 0.0533. The summed E-state index contributed by atoms with van der Waals surface area (Å²) >= 11 is 0. The van der Waals surface area contributed by atoms with Gasteiger partial charge in [0.1, 0.15) is 12.4 Å². The molecule has 0 radical (unpaired) electrons.